The van der Waals surface area contributed by atoms with E-state index < -0.39 is 273 Å². The van der Waals surface area contributed by atoms with E-state index in [0.717, 1.165) is 19.9 Å². The molecule has 4 fully saturated rings. The van der Waals surface area contributed by atoms with Gasteiger partial charge in [0.05, 0.1) is 123 Å². The summed E-state index contributed by atoms with van der Waals surface area (Å²) in [6.45, 7) is -9.69. The number of imidazole rings is 1. The van der Waals surface area contributed by atoms with E-state index in [4.69, 9.17) is 93.8 Å². The molecule has 2 aromatic heterocycles. The Morgan fingerprint density at radius 3 is 1.45 bits per heavy atom. The second kappa shape index (κ2) is 37.9. The molecule has 0 bridgehead atoms. The maximum Gasteiger partial charge on any atom is 0.474 e. The van der Waals surface area contributed by atoms with Gasteiger partial charge in [0.15, 0.2) is 50.7 Å². The number of aromatic nitrogens is 4. The highest BCUT2D eigenvalue weighted by atomic mass is 31.2. The molecule has 50 heteroatoms. The number of hydrogen-bond acceptors (Lipinski definition) is 38. The number of rotatable bonds is 43. The molecule has 17 N–H and O–H groups in total. The van der Waals surface area contributed by atoms with Gasteiger partial charge in [-0.2, -0.15) is 0 Å². The van der Waals surface area contributed by atoms with Crippen molar-refractivity contribution >= 4 is 61.8 Å². The van der Waals surface area contributed by atoms with Crippen molar-refractivity contribution in [2.45, 2.75) is 125 Å². The fraction of sp³-hybridized carbons (Fsp3) is 0.872. The number of nitrogens with one attached hydrogen (secondary N) is 1. The van der Waals surface area contributed by atoms with Gasteiger partial charge >= 0.3 is 38.9 Å². The third-order valence-corrected chi connectivity index (χ3v) is 19.2. The summed E-state index contributed by atoms with van der Waals surface area (Å²) in [6, 6.07) is -1.40. The summed E-state index contributed by atoms with van der Waals surface area (Å²) in [5.74, 6) is -2.39. The Bertz CT molecular complexity index is 2930. The van der Waals surface area contributed by atoms with Crippen LogP contribution in [-0.4, -0.2) is 307 Å². The molecular weight excluding hydrogens is 1430 g/mol. The zero-order valence-electron chi connectivity index (χ0n) is 52.3. The molecule has 0 saturated carbocycles. The van der Waals surface area contributed by atoms with E-state index in [1.54, 1.807) is 0 Å². The predicted octanol–water partition coefficient (Wildman–Crippen LogP) is -4.52. The van der Waals surface area contributed by atoms with Crippen LogP contribution in [-0.2, 0) is 116 Å². The van der Waals surface area contributed by atoms with Gasteiger partial charge in [-0.1, -0.05) is 13.8 Å². The number of aliphatic hydroxyl groups is 9. The van der Waals surface area contributed by atoms with E-state index in [1.807, 2.05) is 0 Å². The first-order valence-electron chi connectivity index (χ1n) is 29.3. The van der Waals surface area contributed by atoms with E-state index in [2.05, 4.69) is 20.3 Å². The average molecular weight is 1510 g/mol. The van der Waals surface area contributed by atoms with Crippen molar-refractivity contribution in [2.24, 2.45) is 17.3 Å². The Morgan fingerprint density at radius 1 is 0.577 bits per heavy atom. The van der Waals surface area contributed by atoms with Crippen molar-refractivity contribution < 1.29 is 186 Å². The third kappa shape index (κ3) is 25.5. The van der Waals surface area contributed by atoms with Crippen LogP contribution in [0.3, 0.4) is 0 Å². The average Bonchev–Trinajstić information content (AvgIpc) is 1.68. The van der Waals surface area contributed by atoms with E-state index in [9.17, 15) is 98.0 Å². The van der Waals surface area contributed by atoms with Gasteiger partial charge in [0.1, 0.15) is 72.9 Å². The zero-order chi connectivity index (χ0) is 71.7. The Labute approximate surface area is 551 Å². The molecule has 6 rings (SSSR count). The number of carbonyl (C=O) groups excluding carboxylic acids is 1. The van der Waals surface area contributed by atoms with E-state index in [0.29, 0.717) is 0 Å². The minimum absolute atomic E-state index is 0.00151. The van der Waals surface area contributed by atoms with Crippen molar-refractivity contribution in [3.63, 3.8) is 0 Å². The molecule has 0 aromatic carbocycles. The maximum absolute atomic E-state index is 13.9. The molecular formula is C47H85N6O39P5. The largest absolute Gasteiger partial charge is 0.474 e. The van der Waals surface area contributed by atoms with Gasteiger partial charge in [0, 0.05) is 31.8 Å². The van der Waals surface area contributed by atoms with Crippen molar-refractivity contribution in [1.29, 1.82) is 0 Å². The smallest absolute Gasteiger partial charge is 0.394 e. The minimum Gasteiger partial charge on any atom is -0.394 e. The van der Waals surface area contributed by atoms with Crippen LogP contribution in [0.4, 0.5) is 5.82 Å². The van der Waals surface area contributed by atoms with Crippen LogP contribution >= 0.6 is 38.9 Å². The second-order valence-electron chi connectivity index (χ2n) is 22.3. The topological polar surface area (TPSA) is 643 Å². The number of nitrogen functional groups attached to an aromatic ring is 1. The van der Waals surface area contributed by atoms with Crippen LogP contribution in [0.15, 0.2) is 12.7 Å². The molecule has 4 saturated heterocycles. The van der Waals surface area contributed by atoms with Crippen molar-refractivity contribution in [2.75, 3.05) is 125 Å². The van der Waals surface area contributed by atoms with Crippen LogP contribution in [0.5, 0.6) is 0 Å². The van der Waals surface area contributed by atoms with E-state index >= 15 is 0 Å². The Hall–Kier alpha value is -2.35. The van der Waals surface area contributed by atoms with Gasteiger partial charge in [-0.3, -0.25) is 50.1 Å². The monoisotopic (exact) mass is 1510 g/mol. The third-order valence-electron chi connectivity index (χ3n) is 14.8. The first-order valence-corrected chi connectivity index (χ1v) is 37.3. The summed E-state index contributed by atoms with van der Waals surface area (Å²) in [7, 11) is -25.2. The lowest BCUT2D eigenvalue weighted by Crippen LogP contribution is -2.64. The highest BCUT2D eigenvalue weighted by molar-refractivity contribution is 7.52. The number of fused-ring (bicyclic) bond motifs is 1. The standard InChI is InChI=1S/C47H85N6O39P5/c1-25-36(58)38(60)29(12-54)89-44(25)77-5-8-80-94(66,67)85-22-74-16-47(17-75-23-86-95(68,69)81-9-6-78-45-26(2)37(59)39(61)30(13-55)90-45,18-76-24-87-96(70,71)82-10-7-79-46-34(52-27(3)57)41(63)40(62)31(14-56)91-46)19-84-97(72,73)83-15-32-28(92-93(4,64)65)11-33(88-32)53-21-51-35-42(48)49-20-50-43(35)53/h20-21,25-26,28-34,36-41,44-46,54-56,58-63H,5-19,22-24H2,1-4H3,(H,52,57)(H,64,65)(H,66,67)(H,68,69)(H,70,71)(H,72,73)(H2,48,49,50)/t25?,26?,28?,29?,30?,31?,32-,33-,34?,36-,37-,38+,39+,40+,41-,44-,45-,46-,47?/m1/s1. The van der Waals surface area contributed by atoms with Crippen molar-refractivity contribution in [1.82, 2.24) is 24.8 Å². The molecule has 97 heavy (non-hydrogen) atoms. The van der Waals surface area contributed by atoms with Gasteiger partial charge in [0.25, 0.3) is 0 Å². The number of ether oxygens (including phenoxy) is 10. The number of nitrogens with zero attached hydrogens (tertiary/aromatic N) is 4. The van der Waals surface area contributed by atoms with Crippen LogP contribution in [0, 0.1) is 17.3 Å². The van der Waals surface area contributed by atoms with Crippen molar-refractivity contribution in [3.05, 3.63) is 12.7 Å². The summed E-state index contributed by atoms with van der Waals surface area (Å²) in [5.41, 5.74) is 4.09. The molecule has 0 radical (unpaired) electrons. The maximum atomic E-state index is 13.9. The molecule has 0 aliphatic carbocycles. The van der Waals surface area contributed by atoms with E-state index in [-0.39, 0.29) is 23.4 Å². The number of phosphoric acid groups is 4. The van der Waals surface area contributed by atoms with Crippen LogP contribution in [0.1, 0.15) is 33.4 Å². The van der Waals surface area contributed by atoms with Crippen molar-refractivity contribution in [3.8, 4) is 0 Å². The second-order valence-corrected chi connectivity index (χ2v) is 29.9. The molecule has 45 nitrogen and oxygen atoms in total. The molecule has 4 aliphatic rings. The summed E-state index contributed by atoms with van der Waals surface area (Å²) >= 11 is 0. The lowest BCUT2D eigenvalue weighted by Gasteiger charge is -2.42. The predicted molar refractivity (Wildman–Crippen MR) is 313 cm³/mol. The fourth-order valence-corrected chi connectivity index (χ4v) is 13.1. The van der Waals surface area contributed by atoms with Gasteiger partial charge < -0.3 is 133 Å². The SMILES string of the molecule is CC(=O)NC1[C@H](OCCOP(=O)(O)OCOCC(COCOP(=O)(O)OCCO[C@@H]2OC(CO)[C@H](O)[C@H](O)C2C)(COCOP(=O)(O)OCCO[C@@H]2OC(CO)[C@H](O)[C@H](O)C2C)COP(=O)(O)OC[C@H]2O[C@@H](n3cnc4c(N)ncnc43)CC2OP(C)(=O)O)OC(CO)[C@H](O)[C@@H]1O. The number of anilines is 1. The first-order chi connectivity index (χ1) is 45.5. The fourth-order valence-electron chi connectivity index (χ4n) is 9.72. The number of hydrogen-bond donors (Lipinski definition) is 16. The highest BCUT2D eigenvalue weighted by Crippen LogP contribution is 2.50. The van der Waals surface area contributed by atoms with Gasteiger partial charge in [-0.15, -0.1) is 0 Å². The first kappa shape index (κ1) is 83.6. The number of nitrogens with two attached hydrogens (primary N) is 1. The molecule has 562 valence electrons. The number of amides is 1. The number of phosphoric ester groups is 4. The Morgan fingerprint density at radius 2 is 1.01 bits per heavy atom. The quantitative estimate of drug-likeness (QED) is 0.0169. The van der Waals surface area contributed by atoms with Gasteiger partial charge in [-0.05, 0) is 0 Å². The van der Waals surface area contributed by atoms with E-state index in [1.165, 1.54) is 24.7 Å². The van der Waals surface area contributed by atoms with Crippen LogP contribution in [0.25, 0.3) is 11.2 Å². The normalized spacial score (nSPS) is 33.3. The van der Waals surface area contributed by atoms with Crippen LogP contribution in [0.2, 0.25) is 0 Å². The minimum atomic E-state index is -5.47. The molecule has 4 aliphatic heterocycles. The van der Waals surface area contributed by atoms with Crippen LogP contribution < -0.4 is 11.1 Å². The molecule has 12 unspecified atom stereocenters. The molecule has 1 amide bonds. The molecule has 0 spiro atoms. The Kier molecular flexibility index (Phi) is 32.7. The molecule has 23 atom stereocenters. The highest BCUT2D eigenvalue weighted by Gasteiger charge is 2.48. The summed E-state index contributed by atoms with van der Waals surface area (Å²) in [4.78, 5) is 77.2. The molecule has 2 aromatic rings. The lowest BCUT2D eigenvalue weighted by molar-refractivity contribution is -0.283. The van der Waals surface area contributed by atoms with Gasteiger partial charge in [0.2, 0.25) is 5.91 Å². The number of carbonyl (C=O) groups is 1. The lowest BCUT2D eigenvalue weighted by atomic mass is 9.92. The Balaban J connectivity index is 1.16. The molecule has 6 heterocycles. The summed E-state index contributed by atoms with van der Waals surface area (Å²) in [6.07, 6.45) is -18.6. The number of aliphatic hydroxyl groups excluding tert-OH is 9. The summed E-state index contributed by atoms with van der Waals surface area (Å²) < 4.78 is 168. The van der Waals surface area contributed by atoms with Gasteiger partial charge in [-0.25, -0.2) is 33.2 Å². The zero-order valence-corrected chi connectivity index (χ0v) is 56.8. The summed E-state index contributed by atoms with van der Waals surface area (Å²) in [5, 5.41) is 92.9.